The summed E-state index contributed by atoms with van der Waals surface area (Å²) in [5.74, 6) is 0.167. The Labute approximate surface area is 73.3 Å². The van der Waals surface area contributed by atoms with Crippen LogP contribution in [0.25, 0.3) is 0 Å². The predicted molar refractivity (Wildman–Crippen MR) is 46.7 cm³/mol. The van der Waals surface area contributed by atoms with Gasteiger partial charge in [-0.3, -0.25) is 15.4 Å². The molecular weight excluding hydrogens is 154 g/mol. The molecule has 1 N–H and O–H groups in total. The number of hydrogen-bond acceptors (Lipinski definition) is 2. The standard InChI is InChI=1S/C8H16N3O/c1-8(12)11-6-4-10(3-2-9)5-7-11/h9H,2-7H2,1H3. The van der Waals surface area contributed by atoms with Crippen LogP contribution in [-0.2, 0) is 4.79 Å². The molecule has 1 radical (unpaired) electrons. The molecule has 0 unspecified atom stereocenters. The van der Waals surface area contributed by atoms with Gasteiger partial charge in [0.05, 0.1) is 0 Å². The second-order valence-corrected chi connectivity index (χ2v) is 3.10. The number of piperazine rings is 1. The fourth-order valence-corrected chi connectivity index (χ4v) is 1.44. The highest BCUT2D eigenvalue weighted by molar-refractivity contribution is 5.73. The maximum atomic E-state index is 10.9. The van der Waals surface area contributed by atoms with Gasteiger partial charge in [0.15, 0.2) is 0 Å². The maximum Gasteiger partial charge on any atom is 0.219 e. The van der Waals surface area contributed by atoms with Crippen molar-refractivity contribution in [2.75, 3.05) is 39.3 Å². The SMILES string of the molecule is CC(=O)N1CCN(CC[NH])CC1. The van der Waals surface area contributed by atoms with Crippen LogP contribution in [-0.4, -0.2) is 55.0 Å². The van der Waals surface area contributed by atoms with Crippen LogP contribution in [0, 0.1) is 0 Å². The van der Waals surface area contributed by atoms with E-state index in [1.807, 2.05) is 4.90 Å². The van der Waals surface area contributed by atoms with E-state index < -0.39 is 0 Å². The first kappa shape index (κ1) is 9.48. The normalized spacial score (nSPS) is 19.7. The predicted octanol–water partition coefficient (Wildman–Crippen LogP) is -0.567. The van der Waals surface area contributed by atoms with E-state index in [4.69, 9.17) is 5.73 Å². The Bertz CT molecular complexity index is 152. The summed E-state index contributed by atoms with van der Waals surface area (Å²) in [4.78, 5) is 15.0. The lowest BCUT2D eigenvalue weighted by atomic mass is 10.3. The number of nitrogens with zero attached hydrogens (tertiary/aromatic N) is 2. The van der Waals surface area contributed by atoms with Crippen LogP contribution in [0.15, 0.2) is 0 Å². The van der Waals surface area contributed by atoms with Crippen molar-refractivity contribution in [2.45, 2.75) is 6.92 Å². The van der Waals surface area contributed by atoms with Crippen molar-refractivity contribution < 1.29 is 4.79 Å². The van der Waals surface area contributed by atoms with E-state index in [9.17, 15) is 4.79 Å². The molecule has 4 nitrogen and oxygen atoms in total. The largest absolute Gasteiger partial charge is 0.340 e. The summed E-state index contributed by atoms with van der Waals surface area (Å²) in [5, 5.41) is 0. The number of carbonyl (C=O) groups excluding carboxylic acids is 1. The fraction of sp³-hybridized carbons (Fsp3) is 0.875. The number of amides is 1. The van der Waals surface area contributed by atoms with Gasteiger partial charge in [-0.15, -0.1) is 0 Å². The van der Waals surface area contributed by atoms with E-state index in [1.165, 1.54) is 0 Å². The molecule has 0 aromatic rings. The van der Waals surface area contributed by atoms with Crippen molar-refractivity contribution in [3.05, 3.63) is 0 Å². The van der Waals surface area contributed by atoms with Crippen molar-refractivity contribution >= 4 is 5.91 Å². The van der Waals surface area contributed by atoms with E-state index in [0.717, 1.165) is 32.7 Å². The third-order valence-corrected chi connectivity index (χ3v) is 2.25. The molecule has 12 heavy (non-hydrogen) atoms. The van der Waals surface area contributed by atoms with Crippen LogP contribution in [0.2, 0.25) is 0 Å². The van der Waals surface area contributed by atoms with Crippen LogP contribution in [0.3, 0.4) is 0 Å². The molecule has 1 fully saturated rings. The Morgan fingerprint density at radius 3 is 2.33 bits per heavy atom. The minimum atomic E-state index is 0.167. The van der Waals surface area contributed by atoms with E-state index >= 15 is 0 Å². The molecule has 0 aromatic carbocycles. The lowest BCUT2D eigenvalue weighted by molar-refractivity contribution is -0.130. The monoisotopic (exact) mass is 170 g/mol. The molecule has 0 aliphatic carbocycles. The smallest absolute Gasteiger partial charge is 0.219 e. The molecule has 1 aliphatic heterocycles. The van der Waals surface area contributed by atoms with Gasteiger partial charge < -0.3 is 4.90 Å². The van der Waals surface area contributed by atoms with Crippen LogP contribution in [0.1, 0.15) is 6.92 Å². The van der Waals surface area contributed by atoms with Crippen molar-refractivity contribution in [3.63, 3.8) is 0 Å². The molecule has 0 aromatic heterocycles. The first-order chi connectivity index (χ1) is 5.74. The average Bonchev–Trinajstić information content (AvgIpc) is 2.06. The summed E-state index contributed by atoms with van der Waals surface area (Å²) < 4.78 is 0. The van der Waals surface area contributed by atoms with Gasteiger partial charge in [0.1, 0.15) is 0 Å². The molecule has 0 saturated carbocycles. The molecule has 1 amide bonds. The molecule has 4 heteroatoms. The van der Waals surface area contributed by atoms with Crippen LogP contribution >= 0.6 is 0 Å². The van der Waals surface area contributed by atoms with Gasteiger partial charge in [-0.25, -0.2) is 0 Å². The maximum absolute atomic E-state index is 10.9. The lowest BCUT2D eigenvalue weighted by Gasteiger charge is -2.33. The van der Waals surface area contributed by atoms with Crippen LogP contribution in [0.4, 0.5) is 0 Å². The van der Waals surface area contributed by atoms with Crippen molar-refractivity contribution in [3.8, 4) is 0 Å². The fourth-order valence-electron chi connectivity index (χ4n) is 1.44. The highest BCUT2D eigenvalue weighted by atomic mass is 16.2. The Kier molecular flexibility index (Phi) is 3.49. The third-order valence-electron chi connectivity index (χ3n) is 2.25. The zero-order valence-corrected chi connectivity index (χ0v) is 7.55. The molecule has 69 valence electrons. The van der Waals surface area contributed by atoms with Gasteiger partial charge in [-0.1, -0.05) is 0 Å². The van der Waals surface area contributed by atoms with Gasteiger partial charge >= 0.3 is 0 Å². The minimum Gasteiger partial charge on any atom is -0.340 e. The van der Waals surface area contributed by atoms with Gasteiger partial charge in [-0.05, 0) is 0 Å². The molecule has 1 heterocycles. The first-order valence-electron chi connectivity index (χ1n) is 4.36. The summed E-state index contributed by atoms with van der Waals surface area (Å²) in [6.07, 6.45) is 0. The van der Waals surface area contributed by atoms with Gasteiger partial charge in [0, 0.05) is 46.2 Å². The molecule has 0 atom stereocenters. The summed E-state index contributed by atoms with van der Waals surface area (Å²) in [7, 11) is 0. The highest BCUT2D eigenvalue weighted by Crippen LogP contribution is 2.00. The second-order valence-electron chi connectivity index (χ2n) is 3.10. The Morgan fingerprint density at radius 2 is 1.92 bits per heavy atom. The summed E-state index contributed by atoms with van der Waals surface area (Å²) in [6.45, 7) is 6.42. The third kappa shape index (κ3) is 2.46. The Hall–Kier alpha value is -0.610. The number of carbonyl (C=O) groups is 1. The summed E-state index contributed by atoms with van der Waals surface area (Å²) in [6, 6.07) is 0. The number of nitrogens with one attached hydrogen (secondary N) is 1. The molecule has 1 aliphatic rings. The lowest BCUT2D eigenvalue weighted by Crippen LogP contribution is -2.48. The molecule has 1 rings (SSSR count). The Balaban J connectivity index is 2.25. The van der Waals surface area contributed by atoms with E-state index in [-0.39, 0.29) is 5.91 Å². The first-order valence-corrected chi connectivity index (χ1v) is 4.36. The summed E-state index contributed by atoms with van der Waals surface area (Å²) >= 11 is 0. The quantitative estimate of drug-likeness (QED) is 0.557. The highest BCUT2D eigenvalue weighted by Gasteiger charge is 2.17. The Morgan fingerprint density at radius 1 is 1.33 bits per heavy atom. The van der Waals surface area contributed by atoms with Crippen molar-refractivity contribution in [1.29, 1.82) is 0 Å². The van der Waals surface area contributed by atoms with Gasteiger partial charge in [-0.2, -0.15) is 0 Å². The topological polar surface area (TPSA) is 47.4 Å². The van der Waals surface area contributed by atoms with Crippen molar-refractivity contribution in [2.24, 2.45) is 0 Å². The molecule has 0 spiro atoms. The number of hydrogen-bond donors (Lipinski definition) is 0. The number of rotatable bonds is 2. The summed E-state index contributed by atoms with van der Waals surface area (Å²) in [5.41, 5.74) is 7.05. The van der Waals surface area contributed by atoms with Gasteiger partial charge in [0.2, 0.25) is 5.91 Å². The van der Waals surface area contributed by atoms with Crippen molar-refractivity contribution in [1.82, 2.24) is 15.5 Å². The zero-order valence-electron chi connectivity index (χ0n) is 7.55. The zero-order chi connectivity index (χ0) is 8.97. The van der Waals surface area contributed by atoms with Crippen LogP contribution in [0.5, 0.6) is 0 Å². The molecule has 0 bridgehead atoms. The minimum absolute atomic E-state index is 0.167. The van der Waals surface area contributed by atoms with E-state index in [2.05, 4.69) is 4.90 Å². The second kappa shape index (κ2) is 4.42. The molecular formula is C8H16N3O. The van der Waals surface area contributed by atoms with E-state index in [0.29, 0.717) is 6.54 Å². The molecule has 1 saturated heterocycles. The van der Waals surface area contributed by atoms with Gasteiger partial charge in [0.25, 0.3) is 0 Å². The van der Waals surface area contributed by atoms with E-state index in [1.54, 1.807) is 6.92 Å². The average molecular weight is 170 g/mol. The van der Waals surface area contributed by atoms with Crippen LogP contribution < -0.4 is 5.73 Å².